The van der Waals surface area contributed by atoms with Crippen LogP contribution in [0.2, 0.25) is 0 Å². The van der Waals surface area contributed by atoms with Gasteiger partial charge in [-0.2, -0.15) is 0 Å². The number of ether oxygens (including phenoxy) is 1. The van der Waals surface area contributed by atoms with Gasteiger partial charge in [0.2, 0.25) is 0 Å². The highest BCUT2D eigenvalue weighted by atomic mass is 31.2. The van der Waals surface area contributed by atoms with E-state index >= 15 is 0 Å². The van der Waals surface area contributed by atoms with Gasteiger partial charge in [-0.05, 0) is 37.9 Å². The van der Waals surface area contributed by atoms with Crippen LogP contribution in [0.1, 0.15) is 11.2 Å². The first-order valence-electron chi connectivity index (χ1n) is 7.71. The highest BCUT2D eigenvalue weighted by Gasteiger charge is 2.39. The molecule has 0 aliphatic heterocycles. The van der Waals surface area contributed by atoms with Gasteiger partial charge in [-0.15, -0.1) is 0 Å². The van der Waals surface area contributed by atoms with Gasteiger partial charge in [0.05, 0.1) is 7.11 Å². The number of benzene rings is 4. The van der Waals surface area contributed by atoms with E-state index in [1.165, 1.54) is 0 Å². The van der Waals surface area contributed by atoms with Crippen LogP contribution in [0.5, 0.6) is 0 Å². The van der Waals surface area contributed by atoms with Gasteiger partial charge in [-0.25, -0.2) is 0 Å². The van der Waals surface area contributed by atoms with Crippen LogP contribution in [-0.4, -0.2) is 22.9 Å². The van der Waals surface area contributed by atoms with E-state index in [4.69, 9.17) is 0 Å². The summed E-state index contributed by atoms with van der Waals surface area (Å²) in [6.07, 6.45) is 0. The number of esters is 1. The second-order valence-corrected chi connectivity index (χ2v) is 7.72. The molecule has 0 spiro atoms. The van der Waals surface area contributed by atoms with Gasteiger partial charge in [0, 0.05) is 0 Å². The predicted molar refractivity (Wildman–Crippen MR) is 96.9 cm³/mol. The lowest BCUT2D eigenvalue weighted by molar-refractivity contribution is -0.140. The Bertz CT molecular complexity index is 1140. The molecule has 0 saturated carbocycles. The van der Waals surface area contributed by atoms with Crippen molar-refractivity contribution in [1.29, 1.82) is 0 Å². The molecule has 0 saturated heterocycles. The highest BCUT2D eigenvalue weighted by Crippen LogP contribution is 2.54. The lowest BCUT2D eigenvalue weighted by Crippen LogP contribution is -2.15. The molecule has 0 fully saturated rings. The minimum absolute atomic E-state index is 0.283. The first kappa shape index (κ1) is 16.0. The summed E-state index contributed by atoms with van der Waals surface area (Å²) in [6.45, 7) is 0. The molecule has 4 aromatic rings. The average Bonchev–Trinajstić information content (AvgIpc) is 2.59. The van der Waals surface area contributed by atoms with Crippen LogP contribution >= 0.6 is 7.60 Å². The standard InChI is InChI=1S/C19H15O5P/c1-24-19(20)18(25(21,22)23)15-10-8-13-6-5-11-3-2-4-12-7-9-14(15)17(13)16(11)12/h2-10,18H,1H3,(H2,21,22,23). The normalized spacial score (nSPS) is 13.6. The fraction of sp³-hybridized carbons (Fsp3) is 0.105. The van der Waals surface area contributed by atoms with E-state index in [1.54, 1.807) is 12.1 Å². The number of carbonyl (C=O) groups excluding carboxylic acids is 1. The van der Waals surface area contributed by atoms with Crippen molar-refractivity contribution < 1.29 is 23.9 Å². The van der Waals surface area contributed by atoms with Crippen LogP contribution in [0.15, 0.2) is 54.6 Å². The van der Waals surface area contributed by atoms with Gasteiger partial charge in [0.1, 0.15) is 0 Å². The Balaban J connectivity index is 2.15. The lowest BCUT2D eigenvalue weighted by atomic mass is 9.91. The van der Waals surface area contributed by atoms with Crippen molar-refractivity contribution in [1.82, 2.24) is 0 Å². The zero-order chi connectivity index (χ0) is 17.8. The first-order chi connectivity index (χ1) is 11.9. The van der Waals surface area contributed by atoms with Crippen molar-refractivity contribution in [3.05, 3.63) is 60.2 Å². The maximum atomic E-state index is 12.1. The topological polar surface area (TPSA) is 83.8 Å². The van der Waals surface area contributed by atoms with Gasteiger partial charge >= 0.3 is 13.6 Å². The molecule has 0 aliphatic rings. The van der Waals surface area contributed by atoms with Crippen molar-refractivity contribution in [2.45, 2.75) is 5.66 Å². The van der Waals surface area contributed by atoms with Crippen LogP contribution in [0, 0.1) is 0 Å². The van der Waals surface area contributed by atoms with Gasteiger partial charge < -0.3 is 14.5 Å². The largest absolute Gasteiger partial charge is 0.468 e. The summed E-state index contributed by atoms with van der Waals surface area (Å²) in [5, 5.41) is 5.61. The first-order valence-corrected chi connectivity index (χ1v) is 9.39. The third-order valence-corrected chi connectivity index (χ3v) is 5.78. The Morgan fingerprint density at radius 3 is 2.08 bits per heavy atom. The summed E-state index contributed by atoms with van der Waals surface area (Å²) < 4.78 is 16.6. The average molecular weight is 354 g/mol. The monoisotopic (exact) mass is 354 g/mol. The van der Waals surface area contributed by atoms with Crippen molar-refractivity contribution in [3.63, 3.8) is 0 Å². The minimum Gasteiger partial charge on any atom is -0.468 e. The molecular weight excluding hydrogens is 339 g/mol. The molecule has 0 bridgehead atoms. The quantitative estimate of drug-likeness (QED) is 0.330. The zero-order valence-corrected chi connectivity index (χ0v) is 14.2. The lowest BCUT2D eigenvalue weighted by Gasteiger charge is -2.20. The number of methoxy groups -OCH3 is 1. The second kappa shape index (κ2) is 5.53. The highest BCUT2D eigenvalue weighted by molar-refractivity contribution is 7.53. The third kappa shape index (κ3) is 2.40. The summed E-state index contributed by atoms with van der Waals surface area (Å²) in [5.74, 6) is -0.941. The molecule has 0 aliphatic carbocycles. The number of rotatable bonds is 3. The fourth-order valence-electron chi connectivity index (χ4n) is 3.55. The summed E-state index contributed by atoms with van der Waals surface area (Å²) in [7, 11) is -3.61. The Labute approximate surface area is 143 Å². The predicted octanol–water partition coefficient (Wildman–Crippen LogP) is 3.98. The molecule has 4 aromatic carbocycles. The minimum atomic E-state index is -4.74. The zero-order valence-electron chi connectivity index (χ0n) is 13.3. The molecule has 1 atom stereocenters. The molecule has 1 unspecified atom stereocenters. The van der Waals surface area contributed by atoms with Crippen molar-refractivity contribution in [2.24, 2.45) is 0 Å². The van der Waals surface area contributed by atoms with E-state index in [-0.39, 0.29) is 5.56 Å². The number of carbonyl (C=O) groups is 1. The second-order valence-electron chi connectivity index (χ2n) is 6.03. The number of hydrogen-bond donors (Lipinski definition) is 2. The third-order valence-electron chi connectivity index (χ3n) is 4.62. The van der Waals surface area contributed by atoms with E-state index < -0.39 is 19.2 Å². The van der Waals surface area contributed by atoms with Crippen molar-refractivity contribution >= 4 is 45.9 Å². The van der Waals surface area contributed by atoms with Gasteiger partial charge in [-0.1, -0.05) is 54.6 Å². The summed E-state index contributed by atoms with van der Waals surface area (Å²) >= 11 is 0. The van der Waals surface area contributed by atoms with E-state index in [0.29, 0.717) is 5.39 Å². The summed E-state index contributed by atoms with van der Waals surface area (Å²) in [6, 6.07) is 17.0. The molecule has 0 aromatic heterocycles. The fourth-order valence-corrected chi connectivity index (χ4v) is 4.52. The van der Waals surface area contributed by atoms with Crippen LogP contribution in [-0.2, 0) is 14.1 Å². The van der Waals surface area contributed by atoms with Gasteiger partial charge in [0.25, 0.3) is 0 Å². The molecule has 0 amide bonds. The Morgan fingerprint density at radius 1 is 0.920 bits per heavy atom. The van der Waals surface area contributed by atoms with E-state index in [1.807, 2.05) is 42.5 Å². The van der Waals surface area contributed by atoms with Gasteiger partial charge in [0.15, 0.2) is 5.66 Å². The number of hydrogen-bond acceptors (Lipinski definition) is 3. The SMILES string of the molecule is COC(=O)C(c1ccc2ccc3cccc4ccc1c2c34)P(=O)(O)O. The molecule has 126 valence electrons. The van der Waals surface area contributed by atoms with Crippen molar-refractivity contribution in [3.8, 4) is 0 Å². The Hall–Kier alpha value is -2.46. The van der Waals surface area contributed by atoms with Crippen LogP contribution in [0.3, 0.4) is 0 Å². The molecule has 0 heterocycles. The van der Waals surface area contributed by atoms with Crippen LogP contribution < -0.4 is 0 Å². The summed E-state index contributed by atoms with van der Waals surface area (Å²) in [4.78, 5) is 31.6. The van der Waals surface area contributed by atoms with Crippen molar-refractivity contribution in [2.75, 3.05) is 7.11 Å². The molecule has 4 rings (SSSR count). The molecule has 2 N–H and O–H groups in total. The van der Waals surface area contributed by atoms with Crippen LogP contribution in [0.25, 0.3) is 32.3 Å². The van der Waals surface area contributed by atoms with Crippen LogP contribution in [0.4, 0.5) is 0 Å². The van der Waals surface area contributed by atoms with E-state index in [9.17, 15) is 19.1 Å². The summed E-state index contributed by atoms with van der Waals surface area (Å²) in [5.41, 5.74) is -1.35. The van der Waals surface area contributed by atoms with E-state index in [2.05, 4.69) is 4.74 Å². The van der Waals surface area contributed by atoms with E-state index in [0.717, 1.165) is 34.0 Å². The molecular formula is C19H15O5P. The molecule has 25 heavy (non-hydrogen) atoms. The Morgan fingerprint density at radius 2 is 1.48 bits per heavy atom. The van der Waals surface area contributed by atoms with Gasteiger partial charge in [-0.3, -0.25) is 9.36 Å². The Kier molecular flexibility index (Phi) is 3.55. The smallest absolute Gasteiger partial charge is 0.344 e. The molecule has 6 heteroatoms. The molecule has 0 radical (unpaired) electrons. The maximum absolute atomic E-state index is 12.1. The maximum Gasteiger partial charge on any atom is 0.344 e. The molecule has 5 nitrogen and oxygen atoms in total.